The molecule has 1 aromatic heterocycles. The van der Waals surface area contributed by atoms with E-state index in [1.807, 2.05) is 12.3 Å². The van der Waals surface area contributed by atoms with Gasteiger partial charge in [0.1, 0.15) is 0 Å². The number of rotatable bonds is 1. The Balaban J connectivity index is 2.63. The summed E-state index contributed by atoms with van der Waals surface area (Å²) in [6, 6.07) is 10.8. The topological polar surface area (TPSA) is 12.9 Å². The molecule has 0 N–H and O–H groups in total. The first-order valence-electron chi connectivity index (χ1n) is 4.93. The standard InChI is InChI=1S/C12H15GeN/c1-13(2,3)11-6-7-12-10(9-11)5-4-8-14-12/h4-9H,1-3H3. The minimum absolute atomic E-state index is 1.10. The van der Waals surface area contributed by atoms with Crippen LogP contribution in [0.2, 0.25) is 17.3 Å². The Hall–Kier alpha value is -0.827. The molecule has 0 aliphatic heterocycles. The van der Waals surface area contributed by atoms with E-state index in [9.17, 15) is 0 Å². The van der Waals surface area contributed by atoms with Crippen LogP contribution in [-0.2, 0) is 0 Å². The van der Waals surface area contributed by atoms with Crippen LogP contribution in [-0.4, -0.2) is 18.3 Å². The van der Waals surface area contributed by atoms with Gasteiger partial charge in [-0.05, 0) is 0 Å². The SMILES string of the molecule is [CH3][Ge]([CH3])([CH3])[c]1ccc2ncccc2c1. The fraction of sp³-hybridized carbons (Fsp3) is 0.250. The summed E-state index contributed by atoms with van der Waals surface area (Å²) < 4.78 is 1.55. The summed E-state index contributed by atoms with van der Waals surface area (Å²) in [5, 5.41) is 1.27. The molecule has 0 unspecified atom stereocenters. The molecule has 0 fully saturated rings. The summed E-state index contributed by atoms with van der Waals surface area (Å²) in [6.45, 7) is 0. The van der Waals surface area contributed by atoms with Gasteiger partial charge in [0.15, 0.2) is 0 Å². The first kappa shape index (κ1) is 9.72. The van der Waals surface area contributed by atoms with E-state index in [0.29, 0.717) is 0 Å². The summed E-state index contributed by atoms with van der Waals surface area (Å²) in [5.74, 6) is 7.24. The van der Waals surface area contributed by atoms with Gasteiger partial charge in [0, 0.05) is 0 Å². The summed E-state index contributed by atoms with van der Waals surface area (Å²) in [5.41, 5.74) is 1.10. The van der Waals surface area contributed by atoms with Gasteiger partial charge in [-0.25, -0.2) is 0 Å². The molecule has 0 atom stereocenters. The normalized spacial score (nSPS) is 11.9. The molecule has 2 rings (SSSR count). The van der Waals surface area contributed by atoms with Crippen molar-refractivity contribution in [2.24, 2.45) is 0 Å². The van der Waals surface area contributed by atoms with Gasteiger partial charge in [-0.2, -0.15) is 0 Å². The van der Waals surface area contributed by atoms with Gasteiger partial charge in [0.25, 0.3) is 0 Å². The first-order chi connectivity index (χ1) is 6.57. The van der Waals surface area contributed by atoms with Crippen LogP contribution in [0.3, 0.4) is 0 Å². The fourth-order valence-corrected chi connectivity index (χ4v) is 4.00. The predicted octanol–water partition coefficient (Wildman–Crippen LogP) is 2.78. The molecule has 1 heterocycles. The van der Waals surface area contributed by atoms with Crippen LogP contribution < -0.4 is 4.40 Å². The molecule has 0 saturated carbocycles. The molecule has 2 aromatic rings. The van der Waals surface area contributed by atoms with E-state index in [0.717, 1.165) is 5.52 Å². The Labute approximate surface area is 87.5 Å². The number of hydrogen-bond acceptors (Lipinski definition) is 1. The summed E-state index contributed by atoms with van der Waals surface area (Å²) in [7, 11) is 0. The second kappa shape index (κ2) is 3.39. The Bertz CT molecular complexity index is 457. The molecule has 0 bridgehead atoms. The molecule has 0 spiro atoms. The van der Waals surface area contributed by atoms with Crippen molar-refractivity contribution in [3.8, 4) is 0 Å². The third kappa shape index (κ3) is 1.82. The van der Waals surface area contributed by atoms with Crippen molar-refractivity contribution >= 4 is 28.6 Å². The molecular weight excluding hydrogens is 231 g/mol. The molecule has 0 aliphatic carbocycles. The second-order valence-electron chi connectivity index (χ2n) is 4.66. The van der Waals surface area contributed by atoms with Gasteiger partial charge in [0.2, 0.25) is 0 Å². The van der Waals surface area contributed by atoms with Gasteiger partial charge >= 0.3 is 87.3 Å². The fourth-order valence-electron chi connectivity index (χ4n) is 1.54. The van der Waals surface area contributed by atoms with Crippen molar-refractivity contribution in [2.75, 3.05) is 0 Å². The number of fused-ring (bicyclic) bond motifs is 1. The Morgan fingerprint density at radius 1 is 1.07 bits per heavy atom. The first-order valence-corrected chi connectivity index (χ1v) is 12.3. The van der Waals surface area contributed by atoms with Gasteiger partial charge in [0.05, 0.1) is 0 Å². The number of aromatic nitrogens is 1. The number of nitrogens with zero attached hydrogens (tertiary/aromatic N) is 1. The average molecular weight is 246 g/mol. The van der Waals surface area contributed by atoms with Crippen LogP contribution in [0.1, 0.15) is 0 Å². The Kier molecular flexibility index (Phi) is 2.35. The maximum atomic E-state index is 4.33. The van der Waals surface area contributed by atoms with Crippen molar-refractivity contribution in [3.63, 3.8) is 0 Å². The number of pyridine rings is 1. The summed E-state index contributed by atoms with van der Waals surface area (Å²) >= 11 is -1.67. The van der Waals surface area contributed by atoms with E-state index in [-0.39, 0.29) is 0 Å². The van der Waals surface area contributed by atoms with Crippen LogP contribution in [0.15, 0.2) is 36.5 Å². The van der Waals surface area contributed by atoms with Gasteiger partial charge in [-0.1, -0.05) is 0 Å². The molecule has 0 amide bonds. The molecule has 0 radical (unpaired) electrons. The van der Waals surface area contributed by atoms with E-state index >= 15 is 0 Å². The van der Waals surface area contributed by atoms with Crippen molar-refractivity contribution in [2.45, 2.75) is 17.3 Å². The minimum atomic E-state index is -1.67. The second-order valence-corrected chi connectivity index (χ2v) is 15.3. The van der Waals surface area contributed by atoms with Crippen LogP contribution >= 0.6 is 0 Å². The van der Waals surface area contributed by atoms with E-state index in [1.165, 1.54) is 5.39 Å². The quantitative estimate of drug-likeness (QED) is 0.705. The molecule has 72 valence electrons. The molecule has 14 heavy (non-hydrogen) atoms. The number of hydrogen-bond donors (Lipinski definition) is 0. The summed E-state index contributed by atoms with van der Waals surface area (Å²) in [6.07, 6.45) is 1.85. The zero-order valence-corrected chi connectivity index (χ0v) is 11.0. The van der Waals surface area contributed by atoms with Gasteiger partial charge < -0.3 is 0 Å². The van der Waals surface area contributed by atoms with E-state index in [1.54, 1.807) is 4.40 Å². The molecule has 1 aromatic carbocycles. The van der Waals surface area contributed by atoms with E-state index < -0.39 is 13.3 Å². The van der Waals surface area contributed by atoms with Gasteiger partial charge in [-0.15, -0.1) is 0 Å². The van der Waals surface area contributed by atoms with Crippen molar-refractivity contribution in [3.05, 3.63) is 36.5 Å². The third-order valence-electron chi connectivity index (χ3n) is 2.47. The van der Waals surface area contributed by atoms with E-state index in [4.69, 9.17) is 0 Å². The molecule has 0 aliphatic rings. The zero-order valence-electron chi connectivity index (χ0n) is 8.91. The van der Waals surface area contributed by atoms with Crippen LogP contribution in [0.4, 0.5) is 0 Å². The summed E-state index contributed by atoms with van der Waals surface area (Å²) in [4.78, 5) is 4.33. The predicted molar refractivity (Wildman–Crippen MR) is 64.7 cm³/mol. The average Bonchev–Trinajstić information content (AvgIpc) is 2.16. The van der Waals surface area contributed by atoms with Crippen molar-refractivity contribution in [1.29, 1.82) is 0 Å². The Morgan fingerprint density at radius 2 is 1.86 bits per heavy atom. The van der Waals surface area contributed by atoms with Gasteiger partial charge in [-0.3, -0.25) is 0 Å². The van der Waals surface area contributed by atoms with Crippen molar-refractivity contribution < 1.29 is 0 Å². The number of benzene rings is 1. The monoisotopic (exact) mass is 247 g/mol. The Morgan fingerprint density at radius 3 is 2.57 bits per heavy atom. The van der Waals surface area contributed by atoms with E-state index in [2.05, 4.69) is 46.5 Å². The molecular formula is C12H15GeN. The zero-order chi connectivity index (χ0) is 10.2. The molecule has 1 nitrogen and oxygen atoms in total. The van der Waals surface area contributed by atoms with Crippen molar-refractivity contribution in [1.82, 2.24) is 4.98 Å². The third-order valence-corrected chi connectivity index (χ3v) is 6.76. The molecule has 2 heteroatoms. The maximum absolute atomic E-state index is 4.33. The van der Waals surface area contributed by atoms with Crippen LogP contribution in [0.5, 0.6) is 0 Å². The van der Waals surface area contributed by atoms with Crippen LogP contribution in [0.25, 0.3) is 10.9 Å². The molecule has 0 saturated heterocycles. The van der Waals surface area contributed by atoms with Crippen LogP contribution in [0, 0.1) is 0 Å².